The molecule has 7 heteroatoms. The third kappa shape index (κ3) is 5.02. The Balaban J connectivity index is 2.50. The molecule has 0 aliphatic heterocycles. The van der Waals surface area contributed by atoms with Gasteiger partial charge in [0.15, 0.2) is 5.82 Å². The summed E-state index contributed by atoms with van der Waals surface area (Å²) < 4.78 is 0. The van der Waals surface area contributed by atoms with Gasteiger partial charge in [0, 0.05) is 11.4 Å². The highest BCUT2D eigenvalue weighted by molar-refractivity contribution is 8.00. The van der Waals surface area contributed by atoms with Crippen molar-refractivity contribution in [2.24, 2.45) is 0 Å². The summed E-state index contributed by atoms with van der Waals surface area (Å²) in [4.78, 5) is 15.6. The highest BCUT2D eigenvalue weighted by Gasteiger charge is 2.13. The van der Waals surface area contributed by atoms with Crippen molar-refractivity contribution in [2.75, 3.05) is 11.1 Å². The van der Waals surface area contributed by atoms with Crippen LogP contribution in [0.2, 0.25) is 10.0 Å². The number of pyridine rings is 1. The van der Waals surface area contributed by atoms with Crippen LogP contribution < -0.4 is 5.32 Å². The summed E-state index contributed by atoms with van der Waals surface area (Å²) in [5.41, 5.74) is 0. The molecule has 1 rings (SSSR count). The zero-order valence-electron chi connectivity index (χ0n) is 9.98. The molecule has 2 unspecified atom stereocenters. The maximum Gasteiger partial charge on any atom is 0.235 e. The summed E-state index contributed by atoms with van der Waals surface area (Å²) >= 11 is 12.9. The topological polar surface area (TPSA) is 62.2 Å². The smallest absolute Gasteiger partial charge is 0.235 e. The lowest BCUT2D eigenvalue weighted by molar-refractivity contribution is -0.113. The molecule has 100 valence electrons. The van der Waals surface area contributed by atoms with Crippen molar-refractivity contribution in [1.29, 1.82) is 0 Å². The van der Waals surface area contributed by atoms with Crippen molar-refractivity contribution in [2.45, 2.75) is 25.2 Å². The van der Waals surface area contributed by atoms with Gasteiger partial charge in [-0.25, -0.2) is 4.98 Å². The van der Waals surface area contributed by atoms with Gasteiger partial charge < -0.3 is 10.4 Å². The van der Waals surface area contributed by atoms with Gasteiger partial charge in [-0.3, -0.25) is 4.79 Å². The lowest BCUT2D eigenvalue weighted by atomic mass is 10.3. The van der Waals surface area contributed by atoms with Gasteiger partial charge in [0.2, 0.25) is 5.91 Å². The molecule has 0 saturated carbocycles. The fourth-order valence-corrected chi connectivity index (χ4v) is 2.21. The van der Waals surface area contributed by atoms with Gasteiger partial charge in [-0.1, -0.05) is 30.1 Å². The molecule has 0 radical (unpaired) electrons. The summed E-state index contributed by atoms with van der Waals surface area (Å²) in [6, 6.07) is 1.51. The summed E-state index contributed by atoms with van der Waals surface area (Å²) in [5, 5.41) is 12.6. The number of carbonyl (C=O) groups is 1. The quantitative estimate of drug-likeness (QED) is 0.878. The second kappa shape index (κ2) is 7.19. The van der Waals surface area contributed by atoms with E-state index in [0.29, 0.717) is 10.0 Å². The van der Waals surface area contributed by atoms with Gasteiger partial charge in [-0.2, -0.15) is 0 Å². The number of rotatable bonds is 5. The predicted molar refractivity (Wildman–Crippen MR) is 76.5 cm³/mol. The van der Waals surface area contributed by atoms with E-state index >= 15 is 0 Å². The lowest BCUT2D eigenvalue weighted by Crippen LogP contribution is -2.21. The Morgan fingerprint density at radius 1 is 1.56 bits per heavy atom. The van der Waals surface area contributed by atoms with Crippen LogP contribution in [0.3, 0.4) is 0 Å². The van der Waals surface area contributed by atoms with Crippen molar-refractivity contribution >= 4 is 46.7 Å². The van der Waals surface area contributed by atoms with Gasteiger partial charge >= 0.3 is 0 Å². The molecule has 0 fully saturated rings. The molecule has 0 saturated heterocycles. The zero-order valence-corrected chi connectivity index (χ0v) is 12.3. The number of nitrogens with one attached hydrogen (secondary N) is 1. The van der Waals surface area contributed by atoms with Gasteiger partial charge in [0.05, 0.1) is 21.9 Å². The molecule has 0 aromatic carbocycles. The van der Waals surface area contributed by atoms with Crippen LogP contribution in [-0.4, -0.2) is 33.1 Å². The molecule has 2 atom stereocenters. The number of carbonyl (C=O) groups excluding carboxylic acids is 1. The monoisotopic (exact) mass is 308 g/mol. The van der Waals surface area contributed by atoms with Crippen LogP contribution in [0.1, 0.15) is 13.8 Å². The normalized spacial score (nSPS) is 14.1. The fourth-order valence-electron chi connectivity index (χ4n) is 1.02. The molecule has 1 aromatic rings. The third-order valence-corrected chi connectivity index (χ3v) is 4.07. The molecular formula is C11H14Cl2N2O2S. The van der Waals surface area contributed by atoms with E-state index < -0.39 is 6.10 Å². The number of aromatic nitrogens is 1. The predicted octanol–water partition coefficient (Wildman–Crippen LogP) is 2.83. The van der Waals surface area contributed by atoms with E-state index in [-0.39, 0.29) is 22.7 Å². The van der Waals surface area contributed by atoms with E-state index in [2.05, 4.69) is 10.3 Å². The minimum Gasteiger partial charge on any atom is -0.392 e. The molecule has 1 aromatic heterocycles. The summed E-state index contributed by atoms with van der Waals surface area (Å²) in [6.45, 7) is 3.54. The average molecular weight is 309 g/mol. The Kier molecular flexibility index (Phi) is 6.21. The number of aliphatic hydroxyl groups excluding tert-OH is 1. The average Bonchev–Trinajstić information content (AvgIpc) is 2.29. The standard InChI is InChI=1S/C11H14Cl2N2O2S/c1-6(16)7(2)18-5-10(17)15-11-9(13)3-8(12)4-14-11/h3-4,6-7,16H,5H2,1-2H3,(H,14,15,17). The second-order valence-corrected chi connectivity index (χ2v) is 6.00. The molecular weight excluding hydrogens is 295 g/mol. The van der Waals surface area contributed by atoms with Crippen LogP contribution >= 0.6 is 35.0 Å². The van der Waals surface area contributed by atoms with E-state index in [1.807, 2.05) is 6.92 Å². The van der Waals surface area contributed by atoms with Crippen LogP contribution in [-0.2, 0) is 4.79 Å². The van der Waals surface area contributed by atoms with Crippen LogP contribution in [0, 0.1) is 0 Å². The Morgan fingerprint density at radius 3 is 2.78 bits per heavy atom. The SMILES string of the molecule is CC(O)C(C)SCC(=O)Nc1ncc(Cl)cc1Cl. The number of anilines is 1. The molecule has 1 amide bonds. The third-order valence-electron chi connectivity index (χ3n) is 2.22. The number of aliphatic hydroxyl groups is 1. The van der Waals surface area contributed by atoms with Crippen LogP contribution in [0.25, 0.3) is 0 Å². The summed E-state index contributed by atoms with van der Waals surface area (Å²) in [6.07, 6.45) is 0.953. The summed E-state index contributed by atoms with van der Waals surface area (Å²) in [5.74, 6) is 0.299. The number of thioether (sulfide) groups is 1. The number of nitrogens with zero attached hydrogens (tertiary/aromatic N) is 1. The number of hydrogen-bond donors (Lipinski definition) is 2. The molecule has 18 heavy (non-hydrogen) atoms. The van der Waals surface area contributed by atoms with Crippen LogP contribution in [0.4, 0.5) is 5.82 Å². The summed E-state index contributed by atoms with van der Waals surface area (Å²) in [7, 11) is 0. The fraction of sp³-hybridized carbons (Fsp3) is 0.455. The maximum absolute atomic E-state index is 11.6. The molecule has 0 spiro atoms. The molecule has 4 nitrogen and oxygen atoms in total. The first kappa shape index (κ1) is 15.6. The molecule has 0 aliphatic rings. The Bertz CT molecular complexity index is 430. The minimum atomic E-state index is -0.458. The van der Waals surface area contributed by atoms with Crippen molar-refractivity contribution in [3.8, 4) is 0 Å². The molecule has 1 heterocycles. The van der Waals surface area contributed by atoms with Crippen LogP contribution in [0.15, 0.2) is 12.3 Å². The first-order valence-corrected chi connectivity index (χ1v) is 7.11. The largest absolute Gasteiger partial charge is 0.392 e. The van der Waals surface area contributed by atoms with Crippen molar-refractivity contribution < 1.29 is 9.90 Å². The van der Waals surface area contributed by atoms with Crippen molar-refractivity contribution in [3.05, 3.63) is 22.3 Å². The van der Waals surface area contributed by atoms with E-state index in [0.717, 1.165) is 0 Å². The Morgan fingerprint density at radius 2 is 2.22 bits per heavy atom. The first-order chi connectivity index (χ1) is 8.40. The lowest BCUT2D eigenvalue weighted by Gasteiger charge is -2.13. The van der Waals surface area contributed by atoms with E-state index in [9.17, 15) is 9.90 Å². The van der Waals surface area contributed by atoms with Gasteiger partial charge in [-0.15, -0.1) is 11.8 Å². The number of amides is 1. The van der Waals surface area contributed by atoms with Gasteiger partial charge in [0.1, 0.15) is 0 Å². The van der Waals surface area contributed by atoms with Gasteiger partial charge in [-0.05, 0) is 13.0 Å². The number of hydrogen-bond acceptors (Lipinski definition) is 4. The Hall–Kier alpha value is -0.490. The van der Waals surface area contributed by atoms with Crippen molar-refractivity contribution in [3.63, 3.8) is 0 Å². The Labute approximate surface area is 120 Å². The van der Waals surface area contributed by atoms with E-state index in [4.69, 9.17) is 23.2 Å². The molecule has 0 aliphatic carbocycles. The van der Waals surface area contributed by atoms with Crippen LogP contribution in [0.5, 0.6) is 0 Å². The first-order valence-electron chi connectivity index (χ1n) is 5.30. The molecule has 2 N–H and O–H groups in total. The van der Waals surface area contributed by atoms with Gasteiger partial charge in [0.25, 0.3) is 0 Å². The number of halogens is 2. The second-order valence-electron chi connectivity index (χ2n) is 3.79. The maximum atomic E-state index is 11.6. The van der Waals surface area contributed by atoms with E-state index in [1.54, 1.807) is 6.92 Å². The zero-order chi connectivity index (χ0) is 13.7. The highest BCUT2D eigenvalue weighted by Crippen LogP contribution is 2.23. The minimum absolute atomic E-state index is 0.00982. The highest BCUT2D eigenvalue weighted by atomic mass is 35.5. The van der Waals surface area contributed by atoms with E-state index in [1.165, 1.54) is 24.0 Å². The van der Waals surface area contributed by atoms with Crippen molar-refractivity contribution in [1.82, 2.24) is 4.98 Å². The molecule has 0 bridgehead atoms.